The van der Waals surface area contributed by atoms with Crippen LogP contribution in [-0.4, -0.2) is 17.6 Å². The molecular formula is C14H15BrN2O2S. The number of carbonyl (C=O) groups is 1. The zero-order valence-electron chi connectivity index (χ0n) is 10.9. The normalized spacial score (nSPS) is 12.2. The summed E-state index contributed by atoms with van der Waals surface area (Å²) in [5.74, 6) is -0.246. The van der Waals surface area contributed by atoms with E-state index < -0.39 is 6.10 Å². The van der Waals surface area contributed by atoms with E-state index in [4.69, 9.17) is 5.73 Å². The van der Waals surface area contributed by atoms with Crippen LogP contribution in [0.4, 0.5) is 5.69 Å². The number of thiophene rings is 1. The Morgan fingerprint density at radius 3 is 2.95 bits per heavy atom. The fourth-order valence-corrected chi connectivity index (χ4v) is 2.99. The number of anilines is 1. The summed E-state index contributed by atoms with van der Waals surface area (Å²) in [6.45, 7) is 1.97. The molecule has 0 fully saturated rings. The molecule has 1 amide bonds. The molecule has 0 bridgehead atoms. The monoisotopic (exact) mass is 354 g/mol. The molecule has 1 atom stereocenters. The number of aliphatic hydroxyl groups is 1. The molecule has 1 aromatic carbocycles. The van der Waals surface area contributed by atoms with Crippen LogP contribution in [0, 0.1) is 6.92 Å². The fraction of sp³-hybridized carbons (Fsp3) is 0.214. The van der Waals surface area contributed by atoms with Crippen LogP contribution in [0.3, 0.4) is 0 Å². The number of nitrogens with two attached hydrogens (primary N) is 1. The summed E-state index contributed by atoms with van der Waals surface area (Å²) in [6, 6.07) is 5.31. The Morgan fingerprint density at radius 1 is 1.55 bits per heavy atom. The van der Waals surface area contributed by atoms with Crippen LogP contribution in [0.25, 0.3) is 0 Å². The predicted molar refractivity (Wildman–Crippen MR) is 84.9 cm³/mol. The minimum absolute atomic E-state index is 0.168. The molecule has 20 heavy (non-hydrogen) atoms. The summed E-state index contributed by atoms with van der Waals surface area (Å²) >= 11 is 4.83. The number of nitrogens with one attached hydrogen (secondary N) is 1. The van der Waals surface area contributed by atoms with Crippen molar-refractivity contribution in [2.45, 2.75) is 13.0 Å². The minimum Gasteiger partial charge on any atom is -0.398 e. The number of carbonyl (C=O) groups excluding carboxylic acids is 1. The van der Waals surface area contributed by atoms with Crippen molar-refractivity contribution < 1.29 is 9.90 Å². The summed E-state index contributed by atoms with van der Waals surface area (Å²) in [7, 11) is 0. The number of rotatable bonds is 4. The first kappa shape index (κ1) is 15.0. The molecule has 0 radical (unpaired) electrons. The highest BCUT2D eigenvalue weighted by molar-refractivity contribution is 9.10. The van der Waals surface area contributed by atoms with Gasteiger partial charge in [0.15, 0.2) is 0 Å². The number of hydrogen-bond acceptors (Lipinski definition) is 4. The second-order valence-electron chi connectivity index (χ2n) is 4.45. The molecule has 6 heteroatoms. The summed E-state index contributed by atoms with van der Waals surface area (Å²) in [5, 5.41) is 16.4. The molecule has 0 spiro atoms. The average Bonchev–Trinajstić information content (AvgIpc) is 2.93. The molecule has 1 aromatic heterocycles. The molecule has 106 valence electrons. The van der Waals surface area contributed by atoms with E-state index in [2.05, 4.69) is 21.2 Å². The van der Waals surface area contributed by atoms with Gasteiger partial charge < -0.3 is 16.2 Å². The molecule has 2 aromatic rings. The van der Waals surface area contributed by atoms with E-state index >= 15 is 0 Å². The van der Waals surface area contributed by atoms with Crippen molar-refractivity contribution in [2.75, 3.05) is 12.3 Å². The third-order valence-electron chi connectivity index (χ3n) is 3.04. The van der Waals surface area contributed by atoms with Crippen LogP contribution in [0.5, 0.6) is 0 Å². The quantitative estimate of drug-likeness (QED) is 0.739. The van der Waals surface area contributed by atoms with Crippen molar-refractivity contribution in [3.8, 4) is 0 Å². The molecule has 0 aliphatic heterocycles. The van der Waals surface area contributed by atoms with Crippen molar-refractivity contribution in [1.29, 1.82) is 0 Å². The van der Waals surface area contributed by atoms with Crippen LogP contribution in [0.15, 0.2) is 33.4 Å². The zero-order valence-corrected chi connectivity index (χ0v) is 13.3. The van der Waals surface area contributed by atoms with E-state index in [0.717, 1.165) is 15.6 Å². The summed E-state index contributed by atoms with van der Waals surface area (Å²) in [6.07, 6.45) is -0.699. The van der Waals surface area contributed by atoms with E-state index in [9.17, 15) is 9.90 Å². The van der Waals surface area contributed by atoms with Gasteiger partial charge in [0.2, 0.25) is 0 Å². The summed E-state index contributed by atoms with van der Waals surface area (Å²) < 4.78 is 0.754. The van der Waals surface area contributed by atoms with Gasteiger partial charge in [-0.05, 0) is 47.0 Å². The number of amides is 1. The van der Waals surface area contributed by atoms with Crippen molar-refractivity contribution in [3.05, 3.63) is 50.1 Å². The first-order valence-corrected chi connectivity index (χ1v) is 7.76. The van der Waals surface area contributed by atoms with Gasteiger partial charge in [0.1, 0.15) is 0 Å². The molecule has 2 rings (SSSR count). The van der Waals surface area contributed by atoms with E-state index in [-0.39, 0.29) is 12.5 Å². The largest absolute Gasteiger partial charge is 0.398 e. The number of nitrogen functional groups attached to an aromatic ring is 1. The second-order valence-corrected chi connectivity index (χ2v) is 6.15. The second kappa shape index (κ2) is 6.39. The average molecular weight is 355 g/mol. The number of hydrogen-bond donors (Lipinski definition) is 3. The van der Waals surface area contributed by atoms with E-state index in [1.807, 2.05) is 16.8 Å². The van der Waals surface area contributed by atoms with Crippen molar-refractivity contribution in [1.82, 2.24) is 5.32 Å². The van der Waals surface area contributed by atoms with Gasteiger partial charge in [-0.1, -0.05) is 15.9 Å². The molecular weight excluding hydrogens is 340 g/mol. The van der Waals surface area contributed by atoms with Gasteiger partial charge in [-0.15, -0.1) is 0 Å². The standard InChI is InChI=1S/C14H15BrN2O2S/c1-8-11(4-10(15)5-12(8)16)14(19)17-6-13(18)9-2-3-20-7-9/h2-5,7,13,18H,6,16H2,1H3,(H,17,19). The lowest BCUT2D eigenvalue weighted by Gasteiger charge is -2.13. The first-order chi connectivity index (χ1) is 9.49. The van der Waals surface area contributed by atoms with E-state index in [0.29, 0.717) is 11.3 Å². The highest BCUT2D eigenvalue weighted by Gasteiger charge is 2.14. The first-order valence-electron chi connectivity index (χ1n) is 6.03. The van der Waals surface area contributed by atoms with Crippen LogP contribution >= 0.6 is 27.3 Å². The molecule has 0 saturated heterocycles. The van der Waals surface area contributed by atoms with Crippen LogP contribution in [0.1, 0.15) is 27.6 Å². The Balaban J connectivity index is 2.06. The Morgan fingerprint density at radius 2 is 2.30 bits per heavy atom. The molecule has 1 heterocycles. The van der Waals surface area contributed by atoms with Crippen LogP contribution in [-0.2, 0) is 0 Å². The smallest absolute Gasteiger partial charge is 0.251 e. The van der Waals surface area contributed by atoms with E-state index in [1.54, 1.807) is 19.1 Å². The van der Waals surface area contributed by atoms with Gasteiger partial charge in [-0.2, -0.15) is 11.3 Å². The number of benzene rings is 1. The third kappa shape index (κ3) is 3.39. The summed E-state index contributed by atoms with van der Waals surface area (Å²) in [5.41, 5.74) is 8.44. The Kier molecular flexibility index (Phi) is 4.80. The maximum atomic E-state index is 12.1. The number of aliphatic hydroxyl groups excluding tert-OH is 1. The molecule has 0 aliphatic rings. The molecule has 0 aliphatic carbocycles. The number of halogens is 1. The molecule has 0 saturated carbocycles. The third-order valence-corrected chi connectivity index (χ3v) is 4.20. The van der Waals surface area contributed by atoms with Gasteiger partial charge in [-0.25, -0.2) is 0 Å². The predicted octanol–water partition coefficient (Wildman–Crippen LogP) is 2.86. The molecule has 4 nitrogen and oxygen atoms in total. The Hall–Kier alpha value is -1.37. The minimum atomic E-state index is -0.699. The Bertz CT molecular complexity index is 614. The van der Waals surface area contributed by atoms with Crippen molar-refractivity contribution in [3.63, 3.8) is 0 Å². The van der Waals surface area contributed by atoms with Crippen LogP contribution in [0.2, 0.25) is 0 Å². The zero-order chi connectivity index (χ0) is 14.7. The fourth-order valence-electron chi connectivity index (χ4n) is 1.80. The summed E-state index contributed by atoms with van der Waals surface area (Å²) in [4.78, 5) is 12.1. The van der Waals surface area contributed by atoms with Crippen molar-refractivity contribution in [2.24, 2.45) is 0 Å². The highest BCUT2D eigenvalue weighted by atomic mass is 79.9. The van der Waals surface area contributed by atoms with Crippen molar-refractivity contribution >= 4 is 38.9 Å². The van der Waals surface area contributed by atoms with Gasteiger partial charge >= 0.3 is 0 Å². The lowest BCUT2D eigenvalue weighted by atomic mass is 10.1. The van der Waals surface area contributed by atoms with Gasteiger partial charge in [0, 0.05) is 22.3 Å². The van der Waals surface area contributed by atoms with Gasteiger partial charge in [0.25, 0.3) is 5.91 Å². The molecule has 1 unspecified atom stereocenters. The lowest BCUT2D eigenvalue weighted by molar-refractivity contribution is 0.0916. The topological polar surface area (TPSA) is 75.4 Å². The van der Waals surface area contributed by atoms with E-state index in [1.165, 1.54) is 11.3 Å². The lowest BCUT2D eigenvalue weighted by Crippen LogP contribution is -2.29. The van der Waals surface area contributed by atoms with Crippen LogP contribution < -0.4 is 11.1 Å². The maximum Gasteiger partial charge on any atom is 0.251 e. The van der Waals surface area contributed by atoms with Gasteiger partial charge in [0.05, 0.1) is 6.10 Å². The Labute approximate surface area is 129 Å². The molecule has 4 N–H and O–H groups in total. The maximum absolute atomic E-state index is 12.1. The SMILES string of the molecule is Cc1c(N)cc(Br)cc1C(=O)NCC(O)c1ccsc1. The highest BCUT2D eigenvalue weighted by Crippen LogP contribution is 2.23. The van der Waals surface area contributed by atoms with Gasteiger partial charge in [-0.3, -0.25) is 4.79 Å².